The topological polar surface area (TPSA) is 92.1 Å². The summed E-state index contributed by atoms with van der Waals surface area (Å²) in [6.45, 7) is 1.76. The molecule has 28 heavy (non-hydrogen) atoms. The number of anilines is 3. The second-order valence-electron chi connectivity index (χ2n) is 6.46. The molecule has 0 fully saturated rings. The van der Waals surface area contributed by atoms with Crippen molar-refractivity contribution in [1.29, 1.82) is 0 Å². The first-order valence-corrected chi connectivity index (χ1v) is 8.79. The van der Waals surface area contributed by atoms with Crippen molar-refractivity contribution >= 4 is 29.0 Å². The standard InChI is InChI=1S/C20H22N6O2/c1-14(26-12-6-11-22-26)19(27)23-15-7-4-8-16(13-15)24-20(28)17-9-5-10-21-18(17)25(2)3/h4-14H,1-3H3,(H,23,27)(H,24,28). The average molecular weight is 378 g/mol. The van der Waals surface area contributed by atoms with Crippen LogP contribution in [0, 0.1) is 0 Å². The Bertz CT molecular complexity index is 968. The fourth-order valence-electron chi connectivity index (χ4n) is 2.68. The Balaban J connectivity index is 1.72. The fraction of sp³-hybridized carbons (Fsp3) is 0.200. The van der Waals surface area contributed by atoms with Crippen molar-refractivity contribution in [2.24, 2.45) is 0 Å². The van der Waals surface area contributed by atoms with E-state index in [1.54, 1.807) is 77.6 Å². The van der Waals surface area contributed by atoms with Gasteiger partial charge >= 0.3 is 0 Å². The van der Waals surface area contributed by atoms with Gasteiger partial charge in [0.1, 0.15) is 11.9 Å². The molecule has 1 atom stereocenters. The van der Waals surface area contributed by atoms with Crippen LogP contribution in [0.4, 0.5) is 17.2 Å². The van der Waals surface area contributed by atoms with Crippen LogP contribution in [0.15, 0.2) is 61.1 Å². The molecule has 0 saturated carbocycles. The van der Waals surface area contributed by atoms with Gasteiger partial charge in [0, 0.05) is 44.1 Å². The lowest BCUT2D eigenvalue weighted by atomic mass is 10.2. The molecule has 1 unspecified atom stereocenters. The molecule has 0 bridgehead atoms. The van der Waals surface area contributed by atoms with Crippen LogP contribution in [0.3, 0.4) is 0 Å². The third-order valence-electron chi connectivity index (χ3n) is 4.14. The molecule has 3 aromatic rings. The Hall–Kier alpha value is -3.68. The van der Waals surface area contributed by atoms with Gasteiger partial charge in [0.25, 0.3) is 5.91 Å². The van der Waals surface area contributed by atoms with Crippen LogP contribution in [0.1, 0.15) is 23.3 Å². The lowest BCUT2D eigenvalue weighted by Crippen LogP contribution is -2.24. The zero-order chi connectivity index (χ0) is 20.1. The van der Waals surface area contributed by atoms with Gasteiger partial charge in [-0.25, -0.2) is 4.98 Å². The average Bonchev–Trinajstić information content (AvgIpc) is 3.22. The molecule has 1 aromatic carbocycles. The van der Waals surface area contributed by atoms with Gasteiger partial charge in [-0.05, 0) is 43.3 Å². The molecule has 8 nitrogen and oxygen atoms in total. The molecule has 0 aliphatic rings. The minimum absolute atomic E-state index is 0.200. The Morgan fingerprint density at radius 2 is 1.79 bits per heavy atom. The van der Waals surface area contributed by atoms with E-state index in [9.17, 15) is 9.59 Å². The summed E-state index contributed by atoms with van der Waals surface area (Å²) >= 11 is 0. The van der Waals surface area contributed by atoms with E-state index in [0.717, 1.165) is 0 Å². The molecule has 2 amide bonds. The van der Waals surface area contributed by atoms with E-state index >= 15 is 0 Å². The number of benzene rings is 1. The highest BCUT2D eigenvalue weighted by molar-refractivity contribution is 6.07. The van der Waals surface area contributed by atoms with Crippen LogP contribution in [0.2, 0.25) is 0 Å². The van der Waals surface area contributed by atoms with Crippen LogP contribution in [0.5, 0.6) is 0 Å². The van der Waals surface area contributed by atoms with Crippen molar-refractivity contribution < 1.29 is 9.59 Å². The molecular weight excluding hydrogens is 356 g/mol. The summed E-state index contributed by atoms with van der Waals surface area (Å²) in [6, 6.07) is 11.7. The number of nitrogens with zero attached hydrogens (tertiary/aromatic N) is 4. The number of nitrogens with one attached hydrogen (secondary N) is 2. The summed E-state index contributed by atoms with van der Waals surface area (Å²) in [5, 5.41) is 9.77. The maximum Gasteiger partial charge on any atom is 0.259 e. The Labute approximate surface area is 163 Å². The van der Waals surface area contributed by atoms with Crippen LogP contribution in [-0.2, 0) is 4.79 Å². The molecular formula is C20H22N6O2. The molecule has 0 radical (unpaired) electrons. The predicted molar refractivity (Wildman–Crippen MR) is 109 cm³/mol. The maximum absolute atomic E-state index is 12.7. The fourth-order valence-corrected chi connectivity index (χ4v) is 2.68. The minimum atomic E-state index is -0.453. The molecule has 2 heterocycles. The predicted octanol–water partition coefficient (Wildman–Crippen LogP) is 2.80. The van der Waals surface area contributed by atoms with Crippen LogP contribution in [-0.4, -0.2) is 40.7 Å². The van der Waals surface area contributed by atoms with E-state index in [4.69, 9.17) is 0 Å². The van der Waals surface area contributed by atoms with E-state index in [2.05, 4.69) is 20.7 Å². The first-order valence-electron chi connectivity index (χ1n) is 8.79. The van der Waals surface area contributed by atoms with Gasteiger partial charge < -0.3 is 15.5 Å². The second-order valence-corrected chi connectivity index (χ2v) is 6.46. The van der Waals surface area contributed by atoms with E-state index in [1.807, 2.05) is 14.1 Å². The van der Waals surface area contributed by atoms with Crippen molar-refractivity contribution in [2.45, 2.75) is 13.0 Å². The summed E-state index contributed by atoms with van der Waals surface area (Å²) < 4.78 is 1.58. The van der Waals surface area contributed by atoms with Crippen molar-refractivity contribution in [1.82, 2.24) is 14.8 Å². The summed E-state index contributed by atoms with van der Waals surface area (Å²) in [4.78, 5) is 31.1. The third-order valence-corrected chi connectivity index (χ3v) is 4.14. The molecule has 144 valence electrons. The second kappa shape index (κ2) is 8.34. The van der Waals surface area contributed by atoms with Crippen LogP contribution in [0.25, 0.3) is 0 Å². The normalized spacial score (nSPS) is 11.5. The maximum atomic E-state index is 12.7. The molecule has 8 heteroatoms. The number of hydrogen-bond donors (Lipinski definition) is 2. The Morgan fingerprint density at radius 1 is 1.04 bits per heavy atom. The van der Waals surface area contributed by atoms with E-state index in [0.29, 0.717) is 22.8 Å². The number of aromatic nitrogens is 3. The van der Waals surface area contributed by atoms with Gasteiger partial charge in [0.2, 0.25) is 5.91 Å². The monoisotopic (exact) mass is 378 g/mol. The summed E-state index contributed by atoms with van der Waals surface area (Å²) in [5.41, 5.74) is 1.62. The van der Waals surface area contributed by atoms with Gasteiger partial charge in [-0.15, -0.1) is 0 Å². The molecule has 0 aliphatic carbocycles. The van der Waals surface area contributed by atoms with Gasteiger partial charge in [0.15, 0.2) is 0 Å². The quantitative estimate of drug-likeness (QED) is 0.688. The zero-order valence-corrected chi connectivity index (χ0v) is 16.0. The van der Waals surface area contributed by atoms with Gasteiger partial charge in [-0.1, -0.05) is 6.07 Å². The molecule has 3 rings (SSSR count). The number of carbonyl (C=O) groups excluding carboxylic acids is 2. The smallest absolute Gasteiger partial charge is 0.259 e. The van der Waals surface area contributed by atoms with Crippen molar-refractivity contribution in [2.75, 3.05) is 29.6 Å². The molecule has 2 N–H and O–H groups in total. The van der Waals surface area contributed by atoms with Gasteiger partial charge in [-0.2, -0.15) is 5.10 Å². The number of carbonyl (C=O) groups is 2. The molecule has 0 spiro atoms. The van der Waals surface area contributed by atoms with Gasteiger partial charge in [-0.3, -0.25) is 14.3 Å². The highest BCUT2D eigenvalue weighted by Crippen LogP contribution is 2.20. The van der Waals surface area contributed by atoms with Crippen molar-refractivity contribution in [3.8, 4) is 0 Å². The largest absolute Gasteiger partial charge is 0.362 e. The third kappa shape index (κ3) is 4.35. The number of pyridine rings is 1. The van der Waals surface area contributed by atoms with Gasteiger partial charge in [0.05, 0.1) is 5.56 Å². The molecule has 0 saturated heterocycles. The van der Waals surface area contributed by atoms with E-state index < -0.39 is 6.04 Å². The minimum Gasteiger partial charge on any atom is -0.362 e. The summed E-state index contributed by atoms with van der Waals surface area (Å²) in [6.07, 6.45) is 5.00. The molecule has 2 aromatic heterocycles. The van der Waals surface area contributed by atoms with Crippen LogP contribution < -0.4 is 15.5 Å². The lowest BCUT2D eigenvalue weighted by Gasteiger charge is -2.16. The Morgan fingerprint density at radius 3 is 2.46 bits per heavy atom. The van der Waals surface area contributed by atoms with Crippen LogP contribution >= 0.6 is 0 Å². The van der Waals surface area contributed by atoms with Crippen molar-refractivity contribution in [3.05, 3.63) is 66.6 Å². The number of amides is 2. The number of rotatable bonds is 6. The summed E-state index contributed by atoms with van der Waals surface area (Å²) in [5.74, 6) is 0.108. The van der Waals surface area contributed by atoms with E-state index in [-0.39, 0.29) is 11.8 Å². The first kappa shape index (κ1) is 19.1. The highest BCUT2D eigenvalue weighted by Gasteiger charge is 2.16. The highest BCUT2D eigenvalue weighted by atomic mass is 16.2. The summed E-state index contributed by atoms with van der Waals surface area (Å²) in [7, 11) is 3.66. The SMILES string of the molecule is CC(C(=O)Nc1cccc(NC(=O)c2cccnc2N(C)C)c1)n1cccn1. The number of hydrogen-bond acceptors (Lipinski definition) is 5. The Kier molecular flexibility index (Phi) is 5.69. The first-order chi connectivity index (χ1) is 13.5. The lowest BCUT2D eigenvalue weighted by molar-refractivity contribution is -0.119. The van der Waals surface area contributed by atoms with Crippen molar-refractivity contribution in [3.63, 3.8) is 0 Å². The zero-order valence-electron chi connectivity index (χ0n) is 16.0. The molecule has 0 aliphatic heterocycles. The van der Waals surface area contributed by atoms with E-state index in [1.165, 1.54) is 0 Å².